The first-order valence-electron chi connectivity index (χ1n) is 7.41. The fourth-order valence-corrected chi connectivity index (χ4v) is 2.96. The Kier molecular flexibility index (Phi) is 4.82. The van der Waals surface area contributed by atoms with Crippen LogP contribution in [0.25, 0.3) is 5.69 Å². The Labute approximate surface area is 141 Å². The van der Waals surface area contributed by atoms with Crippen LogP contribution in [0.1, 0.15) is 20.8 Å². The first kappa shape index (κ1) is 18.2. The largest absolute Gasteiger partial charge is 0.322 e. The van der Waals surface area contributed by atoms with Gasteiger partial charge in [0.2, 0.25) is 5.91 Å². The molecule has 0 saturated carbocycles. The van der Waals surface area contributed by atoms with Crippen molar-refractivity contribution in [1.82, 2.24) is 9.78 Å². The topological polar surface area (TPSA) is 107 Å². The smallest absolute Gasteiger partial charge is 0.241 e. The third-order valence-corrected chi connectivity index (χ3v) is 4.72. The highest BCUT2D eigenvalue weighted by Gasteiger charge is 2.27. The summed E-state index contributed by atoms with van der Waals surface area (Å²) in [6.45, 7) is 5.63. The van der Waals surface area contributed by atoms with Crippen LogP contribution < -0.4 is 11.1 Å². The van der Waals surface area contributed by atoms with Gasteiger partial charge in [0.15, 0.2) is 9.84 Å². The summed E-state index contributed by atoms with van der Waals surface area (Å²) in [5.41, 5.74) is 6.42. The van der Waals surface area contributed by atoms with Gasteiger partial charge in [0.05, 0.1) is 34.7 Å². The molecule has 2 aromatic rings. The quantitative estimate of drug-likeness (QED) is 0.871. The molecule has 1 aromatic carbocycles. The fraction of sp³-hybridized carbons (Fsp3) is 0.375. The van der Waals surface area contributed by atoms with E-state index in [0.29, 0.717) is 11.4 Å². The van der Waals surface area contributed by atoms with Crippen LogP contribution in [-0.2, 0) is 14.6 Å². The van der Waals surface area contributed by atoms with Crippen molar-refractivity contribution < 1.29 is 13.2 Å². The lowest BCUT2D eigenvalue weighted by Gasteiger charge is -2.25. The number of anilines is 1. The number of carbonyl (C=O) groups is 1. The van der Waals surface area contributed by atoms with E-state index in [-0.39, 0.29) is 16.2 Å². The summed E-state index contributed by atoms with van der Waals surface area (Å²) in [6.07, 6.45) is 4.14. The molecule has 2 rings (SSSR count). The maximum Gasteiger partial charge on any atom is 0.241 e. The summed E-state index contributed by atoms with van der Waals surface area (Å²) in [5, 5.41) is 6.83. The molecule has 0 radical (unpaired) electrons. The molecule has 0 aliphatic carbocycles. The summed E-state index contributed by atoms with van der Waals surface area (Å²) in [4.78, 5) is 12.3. The van der Waals surface area contributed by atoms with Crippen LogP contribution in [0.5, 0.6) is 0 Å². The molecule has 0 bridgehead atoms. The highest BCUT2D eigenvalue weighted by molar-refractivity contribution is 7.90. The third kappa shape index (κ3) is 4.01. The number of amides is 1. The van der Waals surface area contributed by atoms with Crippen LogP contribution in [-0.4, -0.2) is 36.4 Å². The average molecular weight is 350 g/mol. The molecule has 24 heavy (non-hydrogen) atoms. The van der Waals surface area contributed by atoms with E-state index in [1.54, 1.807) is 24.4 Å². The van der Waals surface area contributed by atoms with E-state index in [1.165, 1.54) is 16.9 Å². The van der Waals surface area contributed by atoms with Gasteiger partial charge in [0.1, 0.15) is 0 Å². The molecule has 0 aliphatic rings. The fourth-order valence-electron chi connectivity index (χ4n) is 2.09. The summed E-state index contributed by atoms with van der Waals surface area (Å²) in [7, 11) is -3.40. The molecular formula is C16H22N4O3S. The second-order valence-electron chi connectivity index (χ2n) is 6.75. The Hall–Kier alpha value is -2.19. The van der Waals surface area contributed by atoms with Gasteiger partial charge in [-0.05, 0) is 17.5 Å². The van der Waals surface area contributed by atoms with Crippen molar-refractivity contribution in [3.05, 3.63) is 36.7 Å². The zero-order valence-electron chi connectivity index (χ0n) is 14.1. The van der Waals surface area contributed by atoms with E-state index < -0.39 is 15.9 Å². The first-order valence-corrected chi connectivity index (χ1v) is 9.30. The van der Waals surface area contributed by atoms with E-state index >= 15 is 0 Å². The molecule has 1 amide bonds. The lowest BCUT2D eigenvalue weighted by Crippen LogP contribution is -2.45. The number of aromatic nitrogens is 2. The van der Waals surface area contributed by atoms with Crippen LogP contribution in [0.15, 0.2) is 41.6 Å². The number of benzene rings is 1. The molecule has 1 atom stereocenters. The van der Waals surface area contributed by atoms with Gasteiger partial charge in [-0.3, -0.25) is 4.79 Å². The molecule has 3 N–H and O–H groups in total. The van der Waals surface area contributed by atoms with Crippen LogP contribution in [0, 0.1) is 5.41 Å². The number of carbonyl (C=O) groups excluding carboxylic acids is 1. The Morgan fingerprint density at radius 3 is 2.50 bits per heavy atom. The number of para-hydroxylation sites is 1. The van der Waals surface area contributed by atoms with Gasteiger partial charge in [0, 0.05) is 6.26 Å². The molecule has 0 fully saturated rings. The van der Waals surface area contributed by atoms with E-state index in [9.17, 15) is 13.2 Å². The molecule has 0 aliphatic heterocycles. The van der Waals surface area contributed by atoms with Gasteiger partial charge < -0.3 is 11.1 Å². The number of nitrogens with zero attached hydrogens (tertiary/aromatic N) is 2. The number of rotatable bonds is 4. The SMILES string of the molecule is CC(C)(C)[C@H](N)C(=O)Nc1cnn(-c2ccccc2S(C)(=O)=O)c1. The Balaban J connectivity index is 2.29. The molecule has 0 spiro atoms. The molecule has 0 saturated heterocycles. The van der Waals surface area contributed by atoms with Crippen LogP contribution in [0.4, 0.5) is 5.69 Å². The van der Waals surface area contributed by atoms with Crippen molar-refractivity contribution in [2.75, 3.05) is 11.6 Å². The summed E-state index contributed by atoms with van der Waals surface area (Å²) in [6, 6.07) is 5.85. The van der Waals surface area contributed by atoms with Crippen LogP contribution in [0.2, 0.25) is 0 Å². The molecular weight excluding hydrogens is 328 g/mol. The van der Waals surface area contributed by atoms with E-state index in [2.05, 4.69) is 10.4 Å². The number of hydrogen-bond acceptors (Lipinski definition) is 5. The van der Waals surface area contributed by atoms with Crippen molar-refractivity contribution in [3.63, 3.8) is 0 Å². The lowest BCUT2D eigenvalue weighted by atomic mass is 9.87. The maximum absolute atomic E-state index is 12.2. The Morgan fingerprint density at radius 2 is 1.92 bits per heavy atom. The number of nitrogens with two attached hydrogens (primary N) is 1. The Morgan fingerprint density at radius 1 is 1.29 bits per heavy atom. The zero-order valence-corrected chi connectivity index (χ0v) is 15.0. The van der Waals surface area contributed by atoms with Crippen molar-refractivity contribution in [1.29, 1.82) is 0 Å². The minimum atomic E-state index is -3.40. The average Bonchev–Trinajstić information content (AvgIpc) is 2.93. The second-order valence-corrected chi connectivity index (χ2v) is 8.73. The summed E-state index contributed by atoms with van der Waals surface area (Å²) < 4.78 is 25.2. The minimum Gasteiger partial charge on any atom is -0.322 e. The molecule has 1 aromatic heterocycles. The van der Waals surface area contributed by atoms with E-state index in [1.807, 2.05) is 20.8 Å². The van der Waals surface area contributed by atoms with Gasteiger partial charge in [0.25, 0.3) is 0 Å². The second kappa shape index (κ2) is 6.37. The predicted molar refractivity (Wildman–Crippen MR) is 92.7 cm³/mol. The maximum atomic E-state index is 12.2. The number of sulfone groups is 1. The van der Waals surface area contributed by atoms with E-state index in [0.717, 1.165) is 6.26 Å². The normalized spacial score (nSPS) is 13.5. The summed E-state index contributed by atoms with van der Waals surface area (Å²) >= 11 is 0. The van der Waals surface area contributed by atoms with Crippen LogP contribution in [0.3, 0.4) is 0 Å². The lowest BCUT2D eigenvalue weighted by molar-refractivity contribution is -0.119. The first-order chi connectivity index (χ1) is 11.0. The molecule has 130 valence electrons. The molecule has 1 heterocycles. The van der Waals surface area contributed by atoms with Crippen LogP contribution >= 0.6 is 0 Å². The zero-order chi connectivity index (χ0) is 18.1. The monoisotopic (exact) mass is 350 g/mol. The standard InChI is InChI=1S/C16H22N4O3S/c1-16(2,3)14(17)15(21)19-11-9-18-20(10-11)12-7-5-6-8-13(12)24(4,22)23/h5-10,14H,17H2,1-4H3,(H,19,21)/t14-/m1/s1. The molecule has 0 unspecified atom stereocenters. The van der Waals surface area contributed by atoms with Crippen molar-refractivity contribution >= 4 is 21.4 Å². The molecule has 7 nitrogen and oxygen atoms in total. The van der Waals surface area contributed by atoms with Gasteiger partial charge in [-0.1, -0.05) is 32.9 Å². The molecule has 8 heteroatoms. The van der Waals surface area contributed by atoms with Crippen molar-refractivity contribution in [3.8, 4) is 5.69 Å². The highest BCUT2D eigenvalue weighted by atomic mass is 32.2. The van der Waals surface area contributed by atoms with Gasteiger partial charge in [-0.2, -0.15) is 5.10 Å². The van der Waals surface area contributed by atoms with Gasteiger partial charge in [-0.25, -0.2) is 13.1 Å². The van der Waals surface area contributed by atoms with Gasteiger partial charge in [-0.15, -0.1) is 0 Å². The van der Waals surface area contributed by atoms with Crippen molar-refractivity contribution in [2.24, 2.45) is 11.1 Å². The van der Waals surface area contributed by atoms with E-state index in [4.69, 9.17) is 5.73 Å². The predicted octanol–water partition coefficient (Wildman–Crippen LogP) is 1.59. The Bertz CT molecular complexity index is 850. The number of nitrogens with one attached hydrogen (secondary N) is 1. The van der Waals surface area contributed by atoms with Crippen molar-refractivity contribution in [2.45, 2.75) is 31.7 Å². The summed E-state index contributed by atoms with van der Waals surface area (Å²) in [5.74, 6) is -0.321. The third-order valence-electron chi connectivity index (χ3n) is 3.58. The number of hydrogen-bond donors (Lipinski definition) is 2. The highest BCUT2D eigenvalue weighted by Crippen LogP contribution is 2.22. The van der Waals surface area contributed by atoms with Gasteiger partial charge >= 0.3 is 0 Å². The minimum absolute atomic E-state index is 0.164.